The quantitative estimate of drug-likeness (QED) is 0.490. The molecule has 2 aromatic rings. The lowest BCUT2D eigenvalue weighted by atomic mass is 9.85. The molecule has 30 heavy (non-hydrogen) atoms. The molecule has 0 saturated carbocycles. The Labute approximate surface area is 174 Å². The van der Waals surface area contributed by atoms with Crippen molar-refractivity contribution in [2.45, 2.75) is 46.6 Å². The van der Waals surface area contributed by atoms with Gasteiger partial charge in [0.1, 0.15) is 36.5 Å². The molecule has 164 valence electrons. The molecule has 0 atom stereocenters. The maximum atomic E-state index is 14.6. The molecule has 0 bridgehead atoms. The van der Waals surface area contributed by atoms with Crippen molar-refractivity contribution in [3.63, 3.8) is 0 Å². The molecule has 0 radical (unpaired) electrons. The number of carbonyl (C=O) groups excluding carboxylic acids is 2. The molecule has 0 saturated heterocycles. The van der Waals surface area contributed by atoms with E-state index in [2.05, 4.69) is 9.97 Å². The predicted octanol–water partition coefficient (Wildman–Crippen LogP) is 3.84. The lowest BCUT2D eigenvalue weighted by Crippen LogP contribution is -2.28. The summed E-state index contributed by atoms with van der Waals surface area (Å²) >= 11 is 0. The third-order valence-corrected chi connectivity index (χ3v) is 4.03. The number of ether oxygens (including phenoxy) is 4. The van der Waals surface area contributed by atoms with Crippen molar-refractivity contribution in [3.05, 3.63) is 29.8 Å². The average Bonchev–Trinajstić information content (AvgIpc) is 2.63. The van der Waals surface area contributed by atoms with Gasteiger partial charge in [0.05, 0.1) is 17.9 Å². The number of methoxy groups -OCH3 is 1. The van der Waals surface area contributed by atoms with E-state index < -0.39 is 29.0 Å². The van der Waals surface area contributed by atoms with E-state index in [4.69, 9.17) is 18.9 Å². The number of hydrogen-bond acceptors (Lipinski definition) is 8. The highest BCUT2D eigenvalue weighted by molar-refractivity contribution is 5.85. The van der Waals surface area contributed by atoms with E-state index in [9.17, 15) is 14.0 Å². The van der Waals surface area contributed by atoms with Gasteiger partial charge in [0.15, 0.2) is 0 Å². The molecule has 0 fully saturated rings. The lowest BCUT2D eigenvalue weighted by Gasteiger charge is -2.21. The number of esters is 1. The molecular weight excluding hydrogens is 395 g/mol. The van der Waals surface area contributed by atoms with Crippen molar-refractivity contribution in [3.8, 4) is 5.88 Å². The van der Waals surface area contributed by atoms with Gasteiger partial charge in [-0.05, 0) is 58.7 Å². The highest BCUT2D eigenvalue weighted by Gasteiger charge is 2.29. The van der Waals surface area contributed by atoms with Crippen LogP contribution in [0.3, 0.4) is 0 Å². The Kier molecular flexibility index (Phi) is 7.17. The summed E-state index contributed by atoms with van der Waals surface area (Å²) in [7, 11) is 1.31. The molecule has 8 nitrogen and oxygen atoms in total. The van der Waals surface area contributed by atoms with Crippen LogP contribution in [0.1, 0.15) is 40.2 Å². The van der Waals surface area contributed by atoms with Crippen LogP contribution in [0.25, 0.3) is 10.9 Å². The van der Waals surface area contributed by atoms with E-state index in [1.165, 1.54) is 19.5 Å². The fraction of sp³-hybridized carbons (Fsp3) is 0.524. The number of benzene rings is 1. The number of rotatable bonds is 7. The first-order valence-electron chi connectivity index (χ1n) is 9.43. The van der Waals surface area contributed by atoms with Crippen LogP contribution in [0.4, 0.5) is 9.18 Å². The minimum absolute atomic E-state index is 0.00907. The topological polar surface area (TPSA) is 96.8 Å². The summed E-state index contributed by atoms with van der Waals surface area (Å²) in [5.74, 6) is -0.812. The molecule has 0 unspecified atom stereocenters. The minimum atomic E-state index is -0.840. The Morgan fingerprint density at radius 3 is 2.40 bits per heavy atom. The number of aromatic nitrogens is 2. The minimum Gasteiger partial charge on any atom is -0.474 e. The Morgan fingerprint density at radius 2 is 1.77 bits per heavy atom. The zero-order valence-electron chi connectivity index (χ0n) is 18.1. The normalized spacial score (nSPS) is 11.8. The molecule has 0 amide bonds. The monoisotopic (exact) mass is 422 g/mol. The first-order chi connectivity index (χ1) is 13.9. The van der Waals surface area contributed by atoms with E-state index in [1.54, 1.807) is 40.7 Å². The smallest absolute Gasteiger partial charge is 0.474 e. The zero-order valence-corrected chi connectivity index (χ0v) is 18.1. The fourth-order valence-corrected chi connectivity index (χ4v) is 2.78. The molecule has 1 aromatic heterocycles. The van der Waals surface area contributed by atoms with Crippen molar-refractivity contribution < 1.29 is 32.9 Å². The maximum absolute atomic E-state index is 14.6. The van der Waals surface area contributed by atoms with Gasteiger partial charge in [-0.3, -0.25) is 4.79 Å². The molecule has 2 rings (SSSR count). The van der Waals surface area contributed by atoms with Crippen molar-refractivity contribution >= 4 is 23.0 Å². The van der Waals surface area contributed by atoms with Crippen LogP contribution in [0.15, 0.2) is 18.5 Å². The highest BCUT2D eigenvalue weighted by Crippen LogP contribution is 2.29. The van der Waals surface area contributed by atoms with Crippen LogP contribution in [0, 0.1) is 11.2 Å². The number of fused-ring (bicyclic) bond motifs is 1. The molecule has 0 aliphatic rings. The summed E-state index contributed by atoms with van der Waals surface area (Å²) in [6.45, 7) is 8.53. The zero-order chi connectivity index (χ0) is 22.5. The van der Waals surface area contributed by atoms with Gasteiger partial charge in [-0.1, -0.05) is 0 Å². The maximum Gasteiger partial charge on any atom is 0.508 e. The molecule has 1 aromatic carbocycles. The Morgan fingerprint density at radius 1 is 1.07 bits per heavy atom. The summed E-state index contributed by atoms with van der Waals surface area (Å²) in [5, 5.41) is 0.352. The van der Waals surface area contributed by atoms with Gasteiger partial charge in [0.2, 0.25) is 5.88 Å². The van der Waals surface area contributed by atoms with Gasteiger partial charge in [-0.2, -0.15) is 0 Å². The number of hydrogen-bond donors (Lipinski definition) is 0. The summed E-state index contributed by atoms with van der Waals surface area (Å²) < 4.78 is 35.0. The van der Waals surface area contributed by atoms with Crippen molar-refractivity contribution in [1.82, 2.24) is 9.97 Å². The van der Waals surface area contributed by atoms with Crippen molar-refractivity contribution in [1.29, 1.82) is 0 Å². The number of nitrogens with zero attached hydrogens (tertiary/aromatic N) is 2. The van der Waals surface area contributed by atoms with Crippen molar-refractivity contribution in [2.75, 3.05) is 20.3 Å². The Balaban J connectivity index is 2.14. The fourth-order valence-electron chi connectivity index (χ4n) is 2.78. The molecule has 0 aliphatic heterocycles. The summed E-state index contributed by atoms with van der Waals surface area (Å²) in [6, 6.07) is 3.00. The number of carbonyl (C=O) groups is 2. The van der Waals surface area contributed by atoms with Gasteiger partial charge in [0.25, 0.3) is 0 Å². The summed E-state index contributed by atoms with van der Waals surface area (Å²) in [5.41, 5.74) is -0.841. The second kappa shape index (κ2) is 9.23. The van der Waals surface area contributed by atoms with Crippen LogP contribution in [0.5, 0.6) is 5.88 Å². The van der Waals surface area contributed by atoms with Crippen LogP contribution in [-0.2, 0) is 25.4 Å². The predicted molar refractivity (Wildman–Crippen MR) is 107 cm³/mol. The molecule has 0 N–H and O–H groups in total. The van der Waals surface area contributed by atoms with Crippen LogP contribution < -0.4 is 4.74 Å². The van der Waals surface area contributed by atoms with E-state index >= 15 is 0 Å². The SMILES string of the molecule is COC(=O)C(C)(C)Cc1cc(F)c2ncnc(OCCOC(=O)OC(C)(C)C)c2c1. The van der Waals surface area contributed by atoms with Gasteiger partial charge >= 0.3 is 12.1 Å². The van der Waals surface area contributed by atoms with Crippen LogP contribution in [-0.4, -0.2) is 48.0 Å². The van der Waals surface area contributed by atoms with E-state index in [0.29, 0.717) is 10.9 Å². The molecule has 9 heteroatoms. The average molecular weight is 422 g/mol. The largest absolute Gasteiger partial charge is 0.508 e. The first kappa shape index (κ1) is 23.3. The van der Waals surface area contributed by atoms with Gasteiger partial charge < -0.3 is 18.9 Å². The van der Waals surface area contributed by atoms with Gasteiger partial charge in [-0.25, -0.2) is 19.2 Å². The van der Waals surface area contributed by atoms with Crippen LogP contribution in [0.2, 0.25) is 0 Å². The Bertz CT molecular complexity index is 924. The molecule has 0 aliphatic carbocycles. The number of halogens is 1. The first-order valence-corrected chi connectivity index (χ1v) is 9.43. The highest BCUT2D eigenvalue weighted by atomic mass is 19.1. The third kappa shape index (κ3) is 6.27. The Hall–Kier alpha value is -2.97. The third-order valence-electron chi connectivity index (χ3n) is 4.03. The lowest BCUT2D eigenvalue weighted by molar-refractivity contribution is -0.150. The molecule has 1 heterocycles. The van der Waals surface area contributed by atoms with E-state index in [-0.39, 0.29) is 31.0 Å². The molecular formula is C21H27FN2O6. The molecule has 0 spiro atoms. The standard InChI is InChI=1S/C21H27FN2O6/c1-20(2,3)30-19(26)29-8-7-28-17-14-9-13(11-21(4,5)18(25)27-6)10-15(22)16(14)23-12-24-17/h9-10,12H,7-8,11H2,1-6H3. The summed E-state index contributed by atoms with van der Waals surface area (Å²) in [4.78, 5) is 31.5. The van der Waals surface area contributed by atoms with E-state index in [1.807, 2.05) is 0 Å². The van der Waals surface area contributed by atoms with E-state index in [0.717, 1.165) is 0 Å². The second-order valence-electron chi connectivity index (χ2n) is 8.37. The van der Waals surface area contributed by atoms with Gasteiger partial charge in [0, 0.05) is 0 Å². The van der Waals surface area contributed by atoms with Gasteiger partial charge in [-0.15, -0.1) is 0 Å². The van der Waals surface area contributed by atoms with Crippen molar-refractivity contribution in [2.24, 2.45) is 5.41 Å². The van der Waals surface area contributed by atoms with Crippen LogP contribution >= 0.6 is 0 Å². The second-order valence-corrected chi connectivity index (χ2v) is 8.37. The summed E-state index contributed by atoms with van der Waals surface area (Å²) in [6.07, 6.45) is 0.632.